The Morgan fingerprint density at radius 2 is 1.22 bits per heavy atom. The van der Waals surface area contributed by atoms with Crippen molar-refractivity contribution in [1.29, 1.82) is 0 Å². The van der Waals surface area contributed by atoms with Crippen molar-refractivity contribution >= 4 is 0 Å². The molecule has 0 atom stereocenters. The molecule has 0 bridgehead atoms. The molecule has 0 spiro atoms. The van der Waals surface area contributed by atoms with Crippen molar-refractivity contribution < 1.29 is 0 Å². The summed E-state index contributed by atoms with van der Waals surface area (Å²) in [4.78, 5) is 0. The van der Waals surface area contributed by atoms with E-state index in [0.717, 1.165) is 0 Å². The predicted molar refractivity (Wildman–Crippen MR) is 45.7 cm³/mol. The third-order valence-corrected chi connectivity index (χ3v) is 1.08. The molecule has 0 N–H and O–H groups in total. The highest BCUT2D eigenvalue weighted by Gasteiger charge is 1.72. The van der Waals surface area contributed by atoms with Crippen molar-refractivity contribution in [2.75, 3.05) is 0 Å². The molecule has 56 valence electrons. The fourth-order valence-electron chi connectivity index (χ4n) is 0.569. The first-order valence-corrected chi connectivity index (χ1v) is 3.56. The van der Waals surface area contributed by atoms with E-state index >= 15 is 0 Å². The quantitative estimate of drug-likeness (QED) is 0.505. The van der Waals surface area contributed by atoms with Gasteiger partial charge in [0.05, 0.1) is 0 Å². The van der Waals surface area contributed by atoms with Gasteiger partial charge in [-0.25, -0.2) is 0 Å². The highest BCUT2D eigenvalue weighted by atomic mass is 13.8. The SMILES string of the molecule is C.CCCC=CCCC. The Bertz CT molecular complexity index is 45.1. The maximum Gasteiger partial charge on any atom is -0.0353 e. The zero-order valence-electron chi connectivity index (χ0n) is 5.98. The third-order valence-electron chi connectivity index (χ3n) is 1.08. The Morgan fingerprint density at radius 1 is 0.889 bits per heavy atom. The van der Waals surface area contributed by atoms with E-state index in [9.17, 15) is 0 Å². The van der Waals surface area contributed by atoms with Gasteiger partial charge in [0.1, 0.15) is 0 Å². The molecule has 0 aromatic carbocycles. The second-order valence-electron chi connectivity index (χ2n) is 2.05. The zero-order chi connectivity index (χ0) is 6.24. The molecular weight excluding hydrogens is 108 g/mol. The van der Waals surface area contributed by atoms with E-state index in [4.69, 9.17) is 0 Å². The molecule has 0 saturated carbocycles. The number of unbranched alkanes of at least 4 members (excludes halogenated alkanes) is 2. The van der Waals surface area contributed by atoms with Gasteiger partial charge in [-0.05, 0) is 12.8 Å². The largest absolute Gasteiger partial charge is 0.0885 e. The Labute approximate surface area is 60.0 Å². The Balaban J connectivity index is 0. The van der Waals surface area contributed by atoms with Gasteiger partial charge in [0.25, 0.3) is 0 Å². The van der Waals surface area contributed by atoms with Gasteiger partial charge in [-0.1, -0.05) is 46.3 Å². The maximum atomic E-state index is 2.27. The van der Waals surface area contributed by atoms with Crippen LogP contribution in [0.5, 0.6) is 0 Å². The van der Waals surface area contributed by atoms with Crippen LogP contribution in [0.1, 0.15) is 47.0 Å². The molecule has 0 radical (unpaired) electrons. The maximum absolute atomic E-state index is 2.27. The fourth-order valence-corrected chi connectivity index (χ4v) is 0.569. The van der Waals surface area contributed by atoms with Crippen LogP contribution in [0.4, 0.5) is 0 Å². The minimum Gasteiger partial charge on any atom is -0.0885 e. The van der Waals surface area contributed by atoms with Gasteiger partial charge < -0.3 is 0 Å². The summed E-state index contributed by atoms with van der Waals surface area (Å²) in [7, 11) is 0. The van der Waals surface area contributed by atoms with Gasteiger partial charge >= 0.3 is 0 Å². The standard InChI is InChI=1S/C8H16.CH4/c1-3-5-7-8-6-4-2;/h7-8H,3-6H2,1-2H3;1H4. The number of allylic oxidation sites excluding steroid dienone is 2. The molecule has 0 fully saturated rings. The van der Waals surface area contributed by atoms with Gasteiger partial charge in [-0.15, -0.1) is 0 Å². The Morgan fingerprint density at radius 3 is 1.44 bits per heavy atom. The van der Waals surface area contributed by atoms with E-state index in [1.807, 2.05) is 0 Å². The monoisotopic (exact) mass is 128 g/mol. The number of hydrogen-bond acceptors (Lipinski definition) is 0. The van der Waals surface area contributed by atoms with Gasteiger partial charge in [0.2, 0.25) is 0 Å². The van der Waals surface area contributed by atoms with Crippen LogP contribution in [0.25, 0.3) is 0 Å². The van der Waals surface area contributed by atoms with Crippen molar-refractivity contribution in [2.45, 2.75) is 47.0 Å². The van der Waals surface area contributed by atoms with Crippen LogP contribution >= 0.6 is 0 Å². The summed E-state index contributed by atoms with van der Waals surface area (Å²) < 4.78 is 0. The summed E-state index contributed by atoms with van der Waals surface area (Å²) in [6, 6.07) is 0. The summed E-state index contributed by atoms with van der Waals surface area (Å²) in [6.07, 6.45) is 9.59. The van der Waals surface area contributed by atoms with Crippen LogP contribution in [0.2, 0.25) is 0 Å². The second kappa shape index (κ2) is 10.7. The average molecular weight is 128 g/mol. The highest BCUT2D eigenvalue weighted by molar-refractivity contribution is 4.79. The Kier molecular flexibility index (Phi) is 13.7. The van der Waals surface area contributed by atoms with Gasteiger partial charge in [-0.2, -0.15) is 0 Å². The minimum atomic E-state index is 0. The fraction of sp³-hybridized carbons (Fsp3) is 0.778. The molecule has 0 aliphatic carbocycles. The summed E-state index contributed by atoms with van der Waals surface area (Å²) in [6.45, 7) is 4.41. The summed E-state index contributed by atoms with van der Waals surface area (Å²) in [5.41, 5.74) is 0. The van der Waals surface area contributed by atoms with Crippen LogP contribution in [-0.2, 0) is 0 Å². The molecule has 9 heavy (non-hydrogen) atoms. The topological polar surface area (TPSA) is 0 Å². The van der Waals surface area contributed by atoms with Crippen molar-refractivity contribution in [1.82, 2.24) is 0 Å². The zero-order valence-corrected chi connectivity index (χ0v) is 5.98. The van der Waals surface area contributed by atoms with Gasteiger partial charge in [0.15, 0.2) is 0 Å². The van der Waals surface area contributed by atoms with Crippen molar-refractivity contribution in [3.8, 4) is 0 Å². The van der Waals surface area contributed by atoms with Crippen LogP contribution < -0.4 is 0 Å². The normalized spacial score (nSPS) is 9.56. The number of rotatable bonds is 4. The van der Waals surface area contributed by atoms with Crippen molar-refractivity contribution in [3.63, 3.8) is 0 Å². The third kappa shape index (κ3) is 11.4. The van der Waals surface area contributed by atoms with E-state index in [1.165, 1.54) is 25.7 Å². The van der Waals surface area contributed by atoms with Crippen molar-refractivity contribution in [2.24, 2.45) is 0 Å². The molecule has 0 amide bonds. The molecule has 0 aliphatic rings. The van der Waals surface area contributed by atoms with Crippen LogP contribution in [-0.4, -0.2) is 0 Å². The summed E-state index contributed by atoms with van der Waals surface area (Å²) in [5, 5.41) is 0. The molecule has 0 nitrogen and oxygen atoms in total. The van der Waals surface area contributed by atoms with Crippen LogP contribution in [0.15, 0.2) is 12.2 Å². The van der Waals surface area contributed by atoms with E-state index in [1.54, 1.807) is 0 Å². The molecular formula is C9H20. The van der Waals surface area contributed by atoms with E-state index in [2.05, 4.69) is 26.0 Å². The lowest BCUT2D eigenvalue weighted by Crippen LogP contribution is -1.62. The van der Waals surface area contributed by atoms with E-state index in [0.29, 0.717) is 0 Å². The first kappa shape index (κ1) is 11.5. The Hall–Kier alpha value is -0.260. The first-order valence-electron chi connectivity index (χ1n) is 3.56. The molecule has 0 heterocycles. The smallest absolute Gasteiger partial charge is 0.0353 e. The highest BCUT2D eigenvalue weighted by Crippen LogP contribution is 1.92. The van der Waals surface area contributed by atoms with Gasteiger partial charge in [0, 0.05) is 0 Å². The first-order chi connectivity index (χ1) is 3.91. The summed E-state index contributed by atoms with van der Waals surface area (Å²) >= 11 is 0. The number of hydrogen-bond donors (Lipinski definition) is 0. The molecule has 0 unspecified atom stereocenters. The van der Waals surface area contributed by atoms with Gasteiger partial charge in [-0.3, -0.25) is 0 Å². The molecule has 0 aromatic rings. The second-order valence-corrected chi connectivity index (χ2v) is 2.05. The minimum absolute atomic E-state index is 0. The molecule has 0 rings (SSSR count). The van der Waals surface area contributed by atoms with Crippen LogP contribution in [0.3, 0.4) is 0 Å². The summed E-state index contributed by atoms with van der Waals surface area (Å²) in [5.74, 6) is 0. The van der Waals surface area contributed by atoms with E-state index in [-0.39, 0.29) is 7.43 Å². The molecule has 0 saturated heterocycles. The predicted octanol–water partition coefficient (Wildman–Crippen LogP) is 3.78. The molecule has 0 aliphatic heterocycles. The lowest BCUT2D eigenvalue weighted by Gasteiger charge is -1.83. The lowest BCUT2D eigenvalue weighted by molar-refractivity contribution is 0.921. The lowest BCUT2D eigenvalue weighted by atomic mass is 10.2. The molecule has 0 aromatic heterocycles. The molecule has 0 heteroatoms. The van der Waals surface area contributed by atoms with E-state index < -0.39 is 0 Å². The van der Waals surface area contributed by atoms with Crippen molar-refractivity contribution in [3.05, 3.63) is 12.2 Å². The van der Waals surface area contributed by atoms with Crippen LogP contribution in [0, 0.1) is 0 Å². The average Bonchev–Trinajstić information content (AvgIpc) is 1.81.